The number of hydrogen-bond donors (Lipinski definition) is 1. The summed E-state index contributed by atoms with van der Waals surface area (Å²) in [5.74, 6) is 0. The van der Waals surface area contributed by atoms with Crippen molar-refractivity contribution < 1.29 is 0 Å². The van der Waals surface area contributed by atoms with Gasteiger partial charge in [-0.25, -0.2) is 0 Å². The van der Waals surface area contributed by atoms with Crippen LogP contribution in [0, 0.1) is 0 Å². The molecule has 0 aromatic heterocycles. The van der Waals surface area contributed by atoms with E-state index in [9.17, 15) is 0 Å². The van der Waals surface area contributed by atoms with E-state index in [0.29, 0.717) is 6.04 Å². The zero-order valence-corrected chi connectivity index (χ0v) is 14.8. The summed E-state index contributed by atoms with van der Waals surface area (Å²) in [5.41, 5.74) is 10.7. The average Bonchev–Trinajstić information content (AvgIpc) is 2.59. The fourth-order valence-electron chi connectivity index (χ4n) is 4.07. The molecule has 0 bridgehead atoms. The van der Waals surface area contributed by atoms with Crippen LogP contribution < -0.4 is 10.6 Å². The van der Waals surface area contributed by atoms with Gasteiger partial charge in [-0.15, -0.1) is 0 Å². The van der Waals surface area contributed by atoms with Gasteiger partial charge in [-0.05, 0) is 49.4 Å². The third-order valence-corrected chi connectivity index (χ3v) is 5.54. The van der Waals surface area contributed by atoms with E-state index in [0.717, 1.165) is 19.3 Å². The predicted octanol–water partition coefficient (Wildman–Crippen LogP) is 3.20. The minimum Gasteiger partial charge on any atom is -0.369 e. The summed E-state index contributed by atoms with van der Waals surface area (Å²) >= 11 is 0. The summed E-state index contributed by atoms with van der Waals surface area (Å²) in [4.78, 5) is 5.24. The molecule has 1 saturated heterocycles. The summed E-state index contributed by atoms with van der Waals surface area (Å²) in [7, 11) is 0. The second-order valence-corrected chi connectivity index (χ2v) is 7.31. The van der Waals surface area contributed by atoms with Gasteiger partial charge in [0.1, 0.15) is 0 Å². The van der Waals surface area contributed by atoms with Gasteiger partial charge in [-0.1, -0.05) is 38.3 Å². The van der Waals surface area contributed by atoms with Crippen LogP contribution in [0.1, 0.15) is 50.2 Å². The molecule has 1 atom stereocenters. The molecule has 1 heterocycles. The Morgan fingerprint density at radius 1 is 1.09 bits per heavy atom. The van der Waals surface area contributed by atoms with E-state index in [2.05, 4.69) is 34.9 Å². The van der Waals surface area contributed by atoms with Crippen LogP contribution in [-0.4, -0.2) is 43.7 Å². The van der Waals surface area contributed by atoms with E-state index in [-0.39, 0.29) is 0 Å². The van der Waals surface area contributed by atoms with Crippen molar-refractivity contribution in [2.24, 2.45) is 5.73 Å². The second-order valence-electron chi connectivity index (χ2n) is 7.31. The van der Waals surface area contributed by atoms with Crippen molar-refractivity contribution in [3.63, 3.8) is 0 Å². The molecule has 0 radical (unpaired) electrons. The molecule has 0 spiro atoms. The van der Waals surface area contributed by atoms with Crippen LogP contribution in [0.5, 0.6) is 0 Å². The van der Waals surface area contributed by atoms with Crippen LogP contribution in [0.3, 0.4) is 0 Å². The van der Waals surface area contributed by atoms with Crippen molar-refractivity contribution in [2.45, 2.75) is 57.9 Å². The molecule has 3 nitrogen and oxygen atoms in total. The highest BCUT2D eigenvalue weighted by Crippen LogP contribution is 2.30. The maximum atomic E-state index is 6.22. The lowest BCUT2D eigenvalue weighted by atomic mass is 9.87. The summed E-state index contributed by atoms with van der Waals surface area (Å²) in [5, 5.41) is 0. The molecule has 0 amide bonds. The maximum Gasteiger partial charge on any atom is 0.0403 e. The molecule has 23 heavy (non-hydrogen) atoms. The Bertz CT molecular complexity index is 492. The van der Waals surface area contributed by atoms with Crippen LogP contribution in [0.2, 0.25) is 0 Å². The lowest BCUT2D eigenvalue weighted by molar-refractivity contribution is 0.252. The first-order valence-electron chi connectivity index (χ1n) is 9.61. The molecular weight excluding hydrogens is 282 g/mol. The third-order valence-electron chi connectivity index (χ3n) is 5.54. The van der Waals surface area contributed by atoms with Gasteiger partial charge in [0.25, 0.3) is 0 Å². The number of piperazine rings is 1. The van der Waals surface area contributed by atoms with Gasteiger partial charge in [-0.2, -0.15) is 0 Å². The highest BCUT2D eigenvalue weighted by Gasteiger charge is 2.23. The summed E-state index contributed by atoms with van der Waals surface area (Å²) < 4.78 is 0. The molecule has 1 aliphatic carbocycles. The lowest BCUT2D eigenvalue weighted by Gasteiger charge is -2.38. The summed E-state index contributed by atoms with van der Waals surface area (Å²) in [6, 6.07) is 7.20. The smallest absolute Gasteiger partial charge is 0.0403 e. The molecule has 1 aromatic rings. The molecule has 1 fully saturated rings. The SMILES string of the molecule is CCCCCCN1CCN(c2cccc3c2C[C@H](N)CC3)CC1. The van der Waals surface area contributed by atoms with Crippen molar-refractivity contribution in [3.8, 4) is 0 Å². The van der Waals surface area contributed by atoms with Gasteiger partial charge in [0.05, 0.1) is 0 Å². The van der Waals surface area contributed by atoms with Crippen molar-refractivity contribution in [3.05, 3.63) is 29.3 Å². The van der Waals surface area contributed by atoms with E-state index in [4.69, 9.17) is 5.73 Å². The quantitative estimate of drug-likeness (QED) is 0.818. The van der Waals surface area contributed by atoms with Crippen molar-refractivity contribution in [2.75, 3.05) is 37.6 Å². The third kappa shape index (κ3) is 4.27. The molecular formula is C20H33N3. The number of unbranched alkanes of at least 4 members (excludes halogenated alkanes) is 3. The van der Waals surface area contributed by atoms with Crippen molar-refractivity contribution >= 4 is 5.69 Å². The van der Waals surface area contributed by atoms with E-state index in [1.807, 2.05) is 0 Å². The van der Waals surface area contributed by atoms with Crippen LogP contribution >= 0.6 is 0 Å². The van der Waals surface area contributed by atoms with Gasteiger partial charge in [0.15, 0.2) is 0 Å². The predicted molar refractivity (Wildman–Crippen MR) is 99.2 cm³/mol. The number of fused-ring (bicyclic) bond motifs is 1. The Balaban J connectivity index is 1.56. The highest BCUT2D eigenvalue weighted by atomic mass is 15.3. The van der Waals surface area contributed by atoms with Gasteiger partial charge in [0, 0.05) is 37.9 Å². The van der Waals surface area contributed by atoms with Crippen LogP contribution in [0.25, 0.3) is 0 Å². The Labute approximate surface area is 141 Å². The van der Waals surface area contributed by atoms with Crippen molar-refractivity contribution in [1.29, 1.82) is 0 Å². The van der Waals surface area contributed by atoms with Crippen LogP contribution in [-0.2, 0) is 12.8 Å². The Morgan fingerprint density at radius 3 is 2.70 bits per heavy atom. The fourth-order valence-corrected chi connectivity index (χ4v) is 4.07. The molecule has 1 aromatic carbocycles. The Kier molecular flexibility index (Phi) is 5.96. The Morgan fingerprint density at radius 2 is 1.91 bits per heavy atom. The number of anilines is 1. The van der Waals surface area contributed by atoms with Crippen LogP contribution in [0.4, 0.5) is 5.69 Å². The zero-order valence-electron chi connectivity index (χ0n) is 14.8. The molecule has 1 aliphatic heterocycles. The first kappa shape index (κ1) is 16.8. The number of nitrogens with two attached hydrogens (primary N) is 1. The maximum absolute atomic E-state index is 6.22. The first-order chi connectivity index (χ1) is 11.3. The molecule has 3 rings (SSSR count). The van der Waals surface area contributed by atoms with Gasteiger partial charge < -0.3 is 10.6 Å². The zero-order chi connectivity index (χ0) is 16.1. The number of hydrogen-bond acceptors (Lipinski definition) is 3. The molecule has 0 unspecified atom stereocenters. The average molecular weight is 316 g/mol. The molecule has 2 aliphatic rings. The molecule has 128 valence electrons. The van der Waals surface area contributed by atoms with Crippen LogP contribution in [0.15, 0.2) is 18.2 Å². The fraction of sp³-hybridized carbons (Fsp3) is 0.700. The molecule has 0 saturated carbocycles. The van der Waals surface area contributed by atoms with Gasteiger partial charge in [-0.3, -0.25) is 4.90 Å². The Hall–Kier alpha value is -1.06. The topological polar surface area (TPSA) is 32.5 Å². The number of benzene rings is 1. The minimum absolute atomic E-state index is 0.350. The minimum atomic E-state index is 0.350. The molecule has 3 heteroatoms. The highest BCUT2D eigenvalue weighted by molar-refractivity contribution is 5.58. The van der Waals surface area contributed by atoms with Crippen molar-refractivity contribution in [1.82, 2.24) is 4.90 Å². The summed E-state index contributed by atoms with van der Waals surface area (Å²) in [6.45, 7) is 8.32. The number of nitrogens with zero attached hydrogens (tertiary/aromatic N) is 2. The molecule has 2 N–H and O–H groups in total. The number of rotatable bonds is 6. The van der Waals surface area contributed by atoms with E-state index in [1.165, 1.54) is 75.2 Å². The summed E-state index contributed by atoms with van der Waals surface area (Å²) in [6.07, 6.45) is 8.82. The largest absolute Gasteiger partial charge is 0.369 e. The van der Waals surface area contributed by atoms with Gasteiger partial charge >= 0.3 is 0 Å². The van der Waals surface area contributed by atoms with Gasteiger partial charge in [0.2, 0.25) is 0 Å². The lowest BCUT2D eigenvalue weighted by Crippen LogP contribution is -2.47. The van der Waals surface area contributed by atoms with E-state index in [1.54, 1.807) is 0 Å². The monoisotopic (exact) mass is 315 g/mol. The normalized spacial score (nSPS) is 22.2. The van der Waals surface area contributed by atoms with E-state index < -0.39 is 0 Å². The second kappa shape index (κ2) is 8.16. The number of aryl methyl sites for hydroxylation is 1. The first-order valence-corrected chi connectivity index (χ1v) is 9.61. The standard InChI is InChI=1S/C20H33N3/c1-2-3-4-5-11-22-12-14-23(15-13-22)20-8-6-7-17-9-10-18(21)16-19(17)20/h6-8,18H,2-5,9-16,21H2,1H3/t18-/m1/s1. The van der Waals surface area contributed by atoms with E-state index >= 15 is 0 Å².